The average Bonchev–Trinajstić information content (AvgIpc) is 2.90. The van der Waals surface area contributed by atoms with Gasteiger partial charge in [0.15, 0.2) is 0 Å². The molecular formula is C13H13N5O2. The van der Waals surface area contributed by atoms with Crippen LogP contribution in [0.15, 0.2) is 30.6 Å². The molecule has 7 nitrogen and oxygen atoms in total. The summed E-state index contributed by atoms with van der Waals surface area (Å²) in [4.78, 5) is 27.9. The number of nitrogens with zero attached hydrogens (tertiary/aromatic N) is 3. The average molecular weight is 271 g/mol. The Labute approximate surface area is 115 Å². The second kappa shape index (κ2) is 4.76. The molecule has 2 N–H and O–H groups in total. The molecule has 0 unspecified atom stereocenters. The highest BCUT2D eigenvalue weighted by Crippen LogP contribution is 2.18. The van der Waals surface area contributed by atoms with Crippen LogP contribution in [-0.4, -0.2) is 32.6 Å². The zero-order chi connectivity index (χ0) is 14.1. The predicted octanol–water partition coefficient (Wildman–Crippen LogP) is 1.05. The molecule has 102 valence electrons. The second-order valence-electron chi connectivity index (χ2n) is 4.59. The number of anilines is 2. The van der Waals surface area contributed by atoms with Crippen molar-refractivity contribution in [3.05, 3.63) is 36.2 Å². The van der Waals surface area contributed by atoms with Gasteiger partial charge in [-0.2, -0.15) is 14.8 Å². The molecule has 1 aliphatic heterocycles. The summed E-state index contributed by atoms with van der Waals surface area (Å²) in [6, 6.07) is 6.83. The Kier molecular flexibility index (Phi) is 2.94. The number of aromatic nitrogens is 3. The van der Waals surface area contributed by atoms with Gasteiger partial charge < -0.3 is 10.6 Å². The van der Waals surface area contributed by atoms with Gasteiger partial charge in [-0.25, -0.2) is 0 Å². The van der Waals surface area contributed by atoms with Gasteiger partial charge in [0.1, 0.15) is 12.4 Å². The molecule has 0 radical (unpaired) electrons. The number of benzene rings is 1. The molecule has 0 saturated heterocycles. The molecule has 7 heteroatoms. The van der Waals surface area contributed by atoms with Gasteiger partial charge in [-0.05, 0) is 18.6 Å². The van der Waals surface area contributed by atoms with Gasteiger partial charge in [0.2, 0.25) is 11.9 Å². The minimum absolute atomic E-state index is 0.0497. The number of carbonyl (C=O) groups is 2. The van der Waals surface area contributed by atoms with Crippen LogP contribution in [0.3, 0.4) is 0 Å². The van der Waals surface area contributed by atoms with Crippen LogP contribution >= 0.6 is 0 Å². The first-order chi connectivity index (χ1) is 9.65. The summed E-state index contributed by atoms with van der Waals surface area (Å²) in [5.41, 5.74) is 1.70. The maximum atomic E-state index is 12.2. The van der Waals surface area contributed by atoms with E-state index in [1.807, 2.05) is 31.2 Å². The number of hydrogen-bond donors (Lipinski definition) is 2. The first-order valence-electron chi connectivity index (χ1n) is 6.21. The van der Waals surface area contributed by atoms with Crippen molar-refractivity contribution in [2.75, 3.05) is 10.6 Å². The molecule has 0 aliphatic carbocycles. The summed E-state index contributed by atoms with van der Waals surface area (Å²) in [5.74, 6) is -0.214. The van der Waals surface area contributed by atoms with Crippen LogP contribution in [0.4, 0.5) is 11.6 Å². The molecule has 1 aromatic carbocycles. The SMILES string of the molecule is Cc1ccccc1NC(=O)[C@H]1CC(=O)n2ncnc2N1. The van der Waals surface area contributed by atoms with Gasteiger partial charge in [0.05, 0.1) is 6.42 Å². The first-order valence-corrected chi connectivity index (χ1v) is 6.21. The van der Waals surface area contributed by atoms with E-state index in [0.29, 0.717) is 5.95 Å². The van der Waals surface area contributed by atoms with Crippen molar-refractivity contribution in [3.63, 3.8) is 0 Å². The van der Waals surface area contributed by atoms with E-state index < -0.39 is 6.04 Å². The molecule has 1 amide bonds. The number of amides is 1. The number of hydrogen-bond acceptors (Lipinski definition) is 5. The van der Waals surface area contributed by atoms with E-state index >= 15 is 0 Å². The number of fused-ring (bicyclic) bond motifs is 1. The number of para-hydroxylation sites is 1. The molecule has 0 bridgehead atoms. The zero-order valence-electron chi connectivity index (χ0n) is 10.8. The van der Waals surface area contributed by atoms with E-state index in [9.17, 15) is 9.59 Å². The smallest absolute Gasteiger partial charge is 0.252 e. The fourth-order valence-corrected chi connectivity index (χ4v) is 2.08. The minimum atomic E-state index is -0.640. The highest BCUT2D eigenvalue weighted by atomic mass is 16.2. The summed E-state index contributed by atoms with van der Waals surface area (Å²) >= 11 is 0. The fraction of sp³-hybridized carbons (Fsp3) is 0.231. The first kappa shape index (κ1) is 12.3. The van der Waals surface area contributed by atoms with Crippen LogP contribution in [-0.2, 0) is 4.79 Å². The highest BCUT2D eigenvalue weighted by molar-refractivity contribution is 6.01. The lowest BCUT2D eigenvalue weighted by atomic mass is 10.1. The standard InChI is InChI=1S/C13H13N5O2/c1-8-4-2-3-5-9(8)16-12(20)10-6-11(19)18-13(17-10)14-7-15-18/h2-5,7,10H,6H2,1H3,(H,16,20)(H,14,15,17)/t10-/m1/s1. The van der Waals surface area contributed by atoms with Crippen LogP contribution in [0.5, 0.6) is 0 Å². The summed E-state index contributed by atoms with van der Waals surface area (Å²) in [6.45, 7) is 1.91. The molecule has 0 spiro atoms. The Morgan fingerprint density at radius 1 is 1.45 bits per heavy atom. The van der Waals surface area contributed by atoms with Crippen molar-refractivity contribution in [1.29, 1.82) is 0 Å². The molecule has 2 heterocycles. The van der Waals surface area contributed by atoms with Crippen molar-refractivity contribution < 1.29 is 9.59 Å². The van der Waals surface area contributed by atoms with Crippen LogP contribution in [0.1, 0.15) is 16.8 Å². The van der Waals surface area contributed by atoms with Crippen LogP contribution < -0.4 is 10.6 Å². The third-order valence-corrected chi connectivity index (χ3v) is 3.19. The Bertz CT molecular complexity index is 679. The topological polar surface area (TPSA) is 88.9 Å². The lowest BCUT2D eigenvalue weighted by Crippen LogP contribution is -2.42. The Morgan fingerprint density at radius 2 is 2.25 bits per heavy atom. The maximum absolute atomic E-state index is 12.2. The van der Waals surface area contributed by atoms with E-state index in [0.717, 1.165) is 15.9 Å². The highest BCUT2D eigenvalue weighted by Gasteiger charge is 2.30. The Balaban J connectivity index is 1.76. The Morgan fingerprint density at radius 3 is 3.05 bits per heavy atom. The molecule has 20 heavy (non-hydrogen) atoms. The molecule has 1 aliphatic rings. The number of rotatable bonds is 2. The van der Waals surface area contributed by atoms with Crippen LogP contribution in [0.2, 0.25) is 0 Å². The largest absolute Gasteiger partial charge is 0.342 e. The van der Waals surface area contributed by atoms with Gasteiger partial charge in [-0.1, -0.05) is 18.2 Å². The summed E-state index contributed by atoms with van der Waals surface area (Å²) in [5, 5.41) is 9.51. The molecular weight excluding hydrogens is 258 g/mol. The van der Waals surface area contributed by atoms with Crippen molar-refractivity contribution in [1.82, 2.24) is 14.8 Å². The molecule has 3 rings (SSSR count). The number of nitrogens with one attached hydrogen (secondary N) is 2. The summed E-state index contributed by atoms with van der Waals surface area (Å²) < 4.78 is 1.16. The summed E-state index contributed by atoms with van der Waals surface area (Å²) in [7, 11) is 0. The number of carbonyl (C=O) groups excluding carboxylic acids is 2. The zero-order valence-corrected chi connectivity index (χ0v) is 10.8. The van der Waals surface area contributed by atoms with Crippen molar-refractivity contribution in [3.8, 4) is 0 Å². The molecule has 1 aromatic heterocycles. The minimum Gasteiger partial charge on any atom is -0.342 e. The lowest BCUT2D eigenvalue weighted by Gasteiger charge is -2.22. The van der Waals surface area contributed by atoms with E-state index in [-0.39, 0.29) is 18.2 Å². The number of aryl methyl sites for hydroxylation is 1. The third-order valence-electron chi connectivity index (χ3n) is 3.19. The maximum Gasteiger partial charge on any atom is 0.252 e. The third kappa shape index (κ3) is 2.13. The van der Waals surface area contributed by atoms with Crippen molar-refractivity contribution in [2.24, 2.45) is 0 Å². The van der Waals surface area contributed by atoms with Gasteiger partial charge in [0.25, 0.3) is 5.91 Å². The molecule has 0 fully saturated rings. The van der Waals surface area contributed by atoms with Crippen molar-refractivity contribution in [2.45, 2.75) is 19.4 Å². The fourth-order valence-electron chi connectivity index (χ4n) is 2.08. The van der Waals surface area contributed by atoms with E-state index in [4.69, 9.17) is 0 Å². The normalized spacial score (nSPS) is 17.2. The summed E-state index contributed by atoms with van der Waals surface area (Å²) in [6.07, 6.45) is 1.33. The molecule has 2 aromatic rings. The van der Waals surface area contributed by atoms with E-state index in [1.54, 1.807) is 0 Å². The Hall–Kier alpha value is -2.70. The van der Waals surface area contributed by atoms with E-state index in [2.05, 4.69) is 20.7 Å². The predicted molar refractivity (Wildman–Crippen MR) is 72.5 cm³/mol. The quantitative estimate of drug-likeness (QED) is 0.852. The lowest BCUT2D eigenvalue weighted by molar-refractivity contribution is -0.117. The van der Waals surface area contributed by atoms with Crippen LogP contribution in [0.25, 0.3) is 0 Å². The second-order valence-corrected chi connectivity index (χ2v) is 4.59. The van der Waals surface area contributed by atoms with Crippen molar-refractivity contribution >= 4 is 23.5 Å². The van der Waals surface area contributed by atoms with E-state index in [1.165, 1.54) is 6.33 Å². The van der Waals surface area contributed by atoms with Gasteiger partial charge in [0, 0.05) is 5.69 Å². The molecule has 0 saturated carbocycles. The van der Waals surface area contributed by atoms with Gasteiger partial charge >= 0.3 is 0 Å². The van der Waals surface area contributed by atoms with Crippen LogP contribution in [0, 0.1) is 6.92 Å². The van der Waals surface area contributed by atoms with Gasteiger partial charge in [-0.15, -0.1) is 0 Å². The van der Waals surface area contributed by atoms with Gasteiger partial charge in [-0.3, -0.25) is 9.59 Å². The molecule has 1 atom stereocenters. The monoisotopic (exact) mass is 271 g/mol.